The molecule has 1 aliphatic heterocycles. The summed E-state index contributed by atoms with van der Waals surface area (Å²) in [7, 11) is -3.83. The number of benzene rings is 2. The molecule has 150 valence electrons. The van der Waals surface area contributed by atoms with Crippen LogP contribution >= 0.6 is 11.6 Å². The largest absolute Gasteiger partial charge is 0.323 e. The SMILES string of the molecule is O=C(Nc1ccc(F)c(F)c1F)[C@H]1CCCN(S(=O)(=O)c2ccc(Cl)cc2)C1. The van der Waals surface area contributed by atoms with Gasteiger partial charge in [-0.2, -0.15) is 4.31 Å². The number of anilines is 1. The van der Waals surface area contributed by atoms with Gasteiger partial charge in [0.05, 0.1) is 16.5 Å². The standard InChI is InChI=1S/C18H16ClF3N2O3S/c19-12-3-5-13(6-4-12)28(26,27)24-9-1-2-11(10-24)18(25)23-15-8-7-14(20)16(21)17(15)22/h3-8,11H,1-2,9-10H2,(H,23,25)/t11-/m0/s1. The van der Waals surface area contributed by atoms with E-state index in [2.05, 4.69) is 5.32 Å². The first-order valence-electron chi connectivity index (χ1n) is 8.40. The molecule has 1 aliphatic rings. The van der Waals surface area contributed by atoms with Gasteiger partial charge < -0.3 is 5.32 Å². The Hall–Kier alpha value is -2.10. The Balaban J connectivity index is 1.75. The normalized spacial score (nSPS) is 18.1. The van der Waals surface area contributed by atoms with Crippen LogP contribution in [0, 0.1) is 23.4 Å². The molecule has 0 saturated carbocycles. The van der Waals surface area contributed by atoms with Crippen molar-refractivity contribution in [2.45, 2.75) is 17.7 Å². The number of sulfonamides is 1. The molecular formula is C18H16ClF3N2O3S. The number of carbonyl (C=O) groups excluding carboxylic acids is 1. The van der Waals surface area contributed by atoms with E-state index in [9.17, 15) is 26.4 Å². The van der Waals surface area contributed by atoms with Crippen molar-refractivity contribution in [3.05, 3.63) is 58.9 Å². The highest BCUT2D eigenvalue weighted by Crippen LogP contribution is 2.26. The summed E-state index contributed by atoms with van der Waals surface area (Å²) < 4.78 is 66.8. The summed E-state index contributed by atoms with van der Waals surface area (Å²) in [5.41, 5.74) is -0.499. The summed E-state index contributed by atoms with van der Waals surface area (Å²) in [5, 5.41) is 2.60. The Kier molecular flexibility index (Phi) is 5.97. The molecule has 1 saturated heterocycles. The first-order chi connectivity index (χ1) is 13.2. The summed E-state index contributed by atoms with van der Waals surface area (Å²) in [6, 6.07) is 7.27. The van der Waals surface area contributed by atoms with E-state index in [1.807, 2.05) is 0 Å². The molecule has 1 amide bonds. The Morgan fingerprint density at radius 1 is 1.07 bits per heavy atom. The van der Waals surface area contributed by atoms with Crippen molar-refractivity contribution in [3.63, 3.8) is 0 Å². The lowest BCUT2D eigenvalue weighted by Crippen LogP contribution is -2.43. The highest BCUT2D eigenvalue weighted by Gasteiger charge is 2.33. The average Bonchev–Trinajstić information content (AvgIpc) is 2.69. The van der Waals surface area contributed by atoms with Crippen molar-refractivity contribution in [2.75, 3.05) is 18.4 Å². The van der Waals surface area contributed by atoms with E-state index in [0.29, 0.717) is 23.9 Å². The Labute approximate surface area is 165 Å². The van der Waals surface area contributed by atoms with Crippen LogP contribution in [0.25, 0.3) is 0 Å². The maximum absolute atomic E-state index is 13.8. The fourth-order valence-electron chi connectivity index (χ4n) is 2.99. The molecular weight excluding hydrogens is 417 g/mol. The van der Waals surface area contributed by atoms with E-state index < -0.39 is 45.0 Å². The topological polar surface area (TPSA) is 66.5 Å². The van der Waals surface area contributed by atoms with E-state index in [-0.39, 0.29) is 18.0 Å². The third-order valence-corrected chi connectivity index (χ3v) is 6.63. The number of hydrogen-bond donors (Lipinski definition) is 1. The number of hydrogen-bond acceptors (Lipinski definition) is 3. The van der Waals surface area contributed by atoms with E-state index >= 15 is 0 Å². The lowest BCUT2D eigenvalue weighted by molar-refractivity contribution is -0.120. The van der Waals surface area contributed by atoms with Gasteiger partial charge in [-0.15, -0.1) is 0 Å². The van der Waals surface area contributed by atoms with Crippen LogP contribution in [0.1, 0.15) is 12.8 Å². The second-order valence-corrected chi connectivity index (χ2v) is 8.74. The quantitative estimate of drug-likeness (QED) is 0.747. The number of rotatable bonds is 4. The van der Waals surface area contributed by atoms with E-state index in [0.717, 1.165) is 6.07 Å². The van der Waals surface area contributed by atoms with Crippen molar-refractivity contribution < 1.29 is 26.4 Å². The molecule has 0 spiro atoms. The van der Waals surface area contributed by atoms with Crippen molar-refractivity contribution in [3.8, 4) is 0 Å². The van der Waals surface area contributed by atoms with Crippen molar-refractivity contribution >= 4 is 33.2 Å². The number of halogens is 4. The van der Waals surface area contributed by atoms with Crippen LogP contribution in [0.4, 0.5) is 18.9 Å². The minimum atomic E-state index is -3.83. The molecule has 0 aromatic heterocycles. The third-order valence-electron chi connectivity index (χ3n) is 4.50. The fourth-order valence-corrected chi connectivity index (χ4v) is 4.64. The van der Waals surface area contributed by atoms with Crippen LogP contribution in [-0.4, -0.2) is 31.7 Å². The number of carbonyl (C=O) groups is 1. The minimum absolute atomic E-state index is 0.0459. The van der Waals surface area contributed by atoms with Gasteiger partial charge in [0.1, 0.15) is 0 Å². The number of piperidine rings is 1. The van der Waals surface area contributed by atoms with Crippen LogP contribution in [-0.2, 0) is 14.8 Å². The molecule has 28 heavy (non-hydrogen) atoms. The molecule has 1 N–H and O–H groups in total. The van der Waals surface area contributed by atoms with Gasteiger partial charge >= 0.3 is 0 Å². The molecule has 0 aliphatic carbocycles. The molecule has 3 rings (SSSR count). The molecule has 2 aromatic carbocycles. The lowest BCUT2D eigenvalue weighted by Gasteiger charge is -2.31. The lowest BCUT2D eigenvalue weighted by atomic mass is 9.98. The van der Waals surface area contributed by atoms with Crippen LogP contribution in [0.5, 0.6) is 0 Å². The summed E-state index contributed by atoms with van der Waals surface area (Å²) in [4.78, 5) is 12.5. The van der Waals surface area contributed by atoms with Crippen molar-refractivity contribution in [2.24, 2.45) is 5.92 Å². The van der Waals surface area contributed by atoms with Gasteiger partial charge in [-0.3, -0.25) is 4.79 Å². The summed E-state index contributed by atoms with van der Waals surface area (Å²) in [6.07, 6.45) is 0.801. The maximum Gasteiger partial charge on any atom is 0.243 e. The molecule has 1 fully saturated rings. The van der Waals surface area contributed by atoms with Gasteiger partial charge in [-0.05, 0) is 49.2 Å². The molecule has 5 nitrogen and oxygen atoms in total. The molecule has 10 heteroatoms. The smallest absolute Gasteiger partial charge is 0.243 e. The van der Waals surface area contributed by atoms with Gasteiger partial charge in [0.25, 0.3) is 0 Å². The molecule has 1 atom stereocenters. The second-order valence-electron chi connectivity index (χ2n) is 6.37. The van der Waals surface area contributed by atoms with Gasteiger partial charge in [0, 0.05) is 18.1 Å². The molecule has 0 radical (unpaired) electrons. The van der Waals surface area contributed by atoms with Crippen LogP contribution in [0.2, 0.25) is 5.02 Å². The third kappa shape index (κ3) is 4.16. The van der Waals surface area contributed by atoms with Crippen LogP contribution in [0.3, 0.4) is 0 Å². The monoisotopic (exact) mass is 432 g/mol. The number of amides is 1. The van der Waals surface area contributed by atoms with Crippen LogP contribution < -0.4 is 5.32 Å². The number of nitrogens with zero attached hydrogens (tertiary/aromatic N) is 1. The summed E-state index contributed by atoms with van der Waals surface area (Å²) in [5.74, 6) is -5.99. The zero-order valence-corrected chi connectivity index (χ0v) is 16.0. The minimum Gasteiger partial charge on any atom is -0.323 e. The van der Waals surface area contributed by atoms with Crippen molar-refractivity contribution in [1.29, 1.82) is 0 Å². The van der Waals surface area contributed by atoms with Crippen molar-refractivity contribution in [1.82, 2.24) is 4.31 Å². The summed E-state index contributed by atoms with van der Waals surface area (Å²) in [6.45, 7) is 0.121. The number of nitrogens with one attached hydrogen (secondary N) is 1. The Bertz CT molecular complexity index is 1000. The second kappa shape index (κ2) is 8.10. The zero-order chi connectivity index (χ0) is 20.5. The highest BCUT2D eigenvalue weighted by molar-refractivity contribution is 7.89. The summed E-state index contributed by atoms with van der Waals surface area (Å²) >= 11 is 5.78. The molecule has 0 bridgehead atoms. The first-order valence-corrected chi connectivity index (χ1v) is 10.2. The highest BCUT2D eigenvalue weighted by atomic mass is 35.5. The van der Waals surface area contributed by atoms with Crippen LogP contribution in [0.15, 0.2) is 41.3 Å². The van der Waals surface area contributed by atoms with E-state index in [4.69, 9.17) is 11.6 Å². The van der Waals surface area contributed by atoms with Gasteiger partial charge in [0.2, 0.25) is 15.9 Å². The molecule has 0 unspecified atom stereocenters. The first kappa shape index (κ1) is 20.6. The van der Waals surface area contributed by atoms with E-state index in [1.165, 1.54) is 28.6 Å². The molecule has 2 aromatic rings. The van der Waals surface area contributed by atoms with Gasteiger partial charge in [0.15, 0.2) is 17.5 Å². The fraction of sp³-hybridized carbons (Fsp3) is 0.278. The predicted molar refractivity (Wildman–Crippen MR) is 97.9 cm³/mol. The Morgan fingerprint density at radius 3 is 2.43 bits per heavy atom. The molecule has 1 heterocycles. The predicted octanol–water partition coefficient (Wildman–Crippen LogP) is 3.80. The maximum atomic E-state index is 13.8. The van der Waals surface area contributed by atoms with E-state index in [1.54, 1.807) is 0 Å². The Morgan fingerprint density at radius 2 is 1.75 bits per heavy atom. The average molecular weight is 433 g/mol. The zero-order valence-electron chi connectivity index (χ0n) is 14.5. The van der Waals surface area contributed by atoms with Gasteiger partial charge in [-0.1, -0.05) is 11.6 Å². The van der Waals surface area contributed by atoms with Gasteiger partial charge in [-0.25, -0.2) is 21.6 Å².